The molecule has 0 saturated carbocycles. The van der Waals surface area contributed by atoms with Gasteiger partial charge in [0, 0.05) is 24.5 Å². The van der Waals surface area contributed by atoms with Crippen LogP contribution >= 0.6 is 0 Å². The minimum atomic E-state index is -0.443. The van der Waals surface area contributed by atoms with E-state index in [0.717, 1.165) is 41.6 Å². The van der Waals surface area contributed by atoms with Crippen LogP contribution in [0.15, 0.2) is 114 Å². The summed E-state index contributed by atoms with van der Waals surface area (Å²) in [6.07, 6.45) is 14.2. The van der Waals surface area contributed by atoms with Crippen molar-refractivity contribution in [2.24, 2.45) is 0 Å². The van der Waals surface area contributed by atoms with Crippen molar-refractivity contribution in [2.45, 2.75) is 38.8 Å². The van der Waals surface area contributed by atoms with Gasteiger partial charge in [-0.3, -0.25) is 9.59 Å². The smallest absolute Gasteiger partial charge is 0.261 e. The number of fused-ring (bicyclic) bond motifs is 1. The topological polar surface area (TPSA) is 76.0 Å². The first kappa shape index (κ1) is 25.9. The van der Waals surface area contributed by atoms with Crippen LogP contribution in [-0.4, -0.2) is 21.5 Å². The molecule has 2 N–H and O–H groups in total. The molecule has 1 amide bonds. The van der Waals surface area contributed by atoms with Crippen molar-refractivity contribution < 1.29 is 4.79 Å². The number of hydrogen-bond acceptors (Lipinski definition) is 4. The van der Waals surface area contributed by atoms with E-state index < -0.39 is 5.91 Å². The van der Waals surface area contributed by atoms with Crippen molar-refractivity contribution in [1.29, 1.82) is 0 Å². The summed E-state index contributed by atoms with van der Waals surface area (Å²) in [5.74, 6) is -0.443. The van der Waals surface area contributed by atoms with Gasteiger partial charge in [-0.15, -0.1) is 0 Å². The third-order valence-electron chi connectivity index (χ3n) is 6.89. The van der Waals surface area contributed by atoms with Gasteiger partial charge in [-0.05, 0) is 55.5 Å². The molecule has 2 aromatic heterocycles. The average molecular weight is 517 g/mol. The van der Waals surface area contributed by atoms with Gasteiger partial charge in [0.1, 0.15) is 11.2 Å². The van der Waals surface area contributed by atoms with E-state index in [4.69, 9.17) is 0 Å². The summed E-state index contributed by atoms with van der Waals surface area (Å²) in [6, 6.07) is 19.6. The van der Waals surface area contributed by atoms with Gasteiger partial charge in [-0.25, -0.2) is 4.98 Å². The zero-order valence-corrected chi connectivity index (χ0v) is 22.1. The largest absolute Gasteiger partial charge is 0.381 e. The molecule has 5 rings (SSSR count). The zero-order valence-electron chi connectivity index (χ0n) is 22.1. The Bertz CT molecular complexity index is 1620. The highest BCUT2D eigenvalue weighted by molar-refractivity contribution is 6.05. The number of aromatic nitrogens is 2. The first-order valence-corrected chi connectivity index (χ1v) is 13.3. The molecule has 4 aromatic rings. The second-order valence-corrected chi connectivity index (χ2v) is 9.72. The molecule has 0 radical (unpaired) electrons. The molecule has 0 spiro atoms. The number of amides is 1. The molecule has 1 aliphatic carbocycles. The molecule has 6 heteroatoms. The number of hydrogen-bond donors (Lipinski definition) is 2. The summed E-state index contributed by atoms with van der Waals surface area (Å²) < 4.78 is 1.84. The lowest BCUT2D eigenvalue weighted by Gasteiger charge is -2.20. The van der Waals surface area contributed by atoms with Crippen LogP contribution in [0, 0.1) is 0 Å². The zero-order chi connectivity index (χ0) is 27.2. The van der Waals surface area contributed by atoms with Crippen LogP contribution in [0.5, 0.6) is 0 Å². The molecule has 6 nitrogen and oxygen atoms in total. The number of nitrogens with one attached hydrogen (secondary N) is 2. The predicted octanol–water partition coefficient (Wildman–Crippen LogP) is 6.97. The third kappa shape index (κ3) is 6.07. The van der Waals surface area contributed by atoms with E-state index in [1.807, 2.05) is 90.4 Å². The Morgan fingerprint density at radius 1 is 1.05 bits per heavy atom. The molecule has 1 aliphatic rings. The van der Waals surface area contributed by atoms with E-state index in [-0.39, 0.29) is 17.0 Å². The summed E-state index contributed by atoms with van der Waals surface area (Å²) in [5.41, 5.74) is 4.86. The maximum atomic E-state index is 13.5. The molecule has 1 unspecified atom stereocenters. The van der Waals surface area contributed by atoms with Crippen molar-refractivity contribution in [3.63, 3.8) is 0 Å². The Kier molecular flexibility index (Phi) is 7.83. The average Bonchev–Trinajstić information content (AvgIpc) is 3.05. The molecule has 2 aromatic carbocycles. The lowest BCUT2D eigenvalue weighted by Crippen LogP contribution is -2.25. The Morgan fingerprint density at radius 2 is 1.82 bits per heavy atom. The minimum Gasteiger partial charge on any atom is -0.381 e. The molecule has 196 valence electrons. The number of aryl methyl sites for hydroxylation is 1. The van der Waals surface area contributed by atoms with Gasteiger partial charge in [0.05, 0.1) is 17.3 Å². The number of allylic oxidation sites excluding steroid dienone is 4. The van der Waals surface area contributed by atoms with Gasteiger partial charge in [0.2, 0.25) is 5.43 Å². The minimum absolute atomic E-state index is 0.0847. The van der Waals surface area contributed by atoms with Crippen molar-refractivity contribution in [2.75, 3.05) is 10.6 Å². The van der Waals surface area contributed by atoms with Crippen molar-refractivity contribution in [3.8, 4) is 11.1 Å². The predicted molar refractivity (Wildman–Crippen MR) is 160 cm³/mol. The van der Waals surface area contributed by atoms with Crippen LogP contribution in [-0.2, 0) is 6.54 Å². The van der Waals surface area contributed by atoms with E-state index in [1.165, 1.54) is 0 Å². The fourth-order valence-corrected chi connectivity index (χ4v) is 4.84. The quantitative estimate of drug-likeness (QED) is 0.290. The van der Waals surface area contributed by atoms with Gasteiger partial charge in [0.25, 0.3) is 5.91 Å². The van der Waals surface area contributed by atoms with E-state index >= 15 is 0 Å². The Labute approximate surface area is 228 Å². The summed E-state index contributed by atoms with van der Waals surface area (Å²) in [7, 11) is 0. The van der Waals surface area contributed by atoms with Gasteiger partial charge in [0.15, 0.2) is 0 Å². The van der Waals surface area contributed by atoms with Crippen molar-refractivity contribution >= 4 is 28.3 Å². The fourth-order valence-electron chi connectivity index (χ4n) is 4.84. The summed E-state index contributed by atoms with van der Waals surface area (Å²) in [4.78, 5) is 31.4. The van der Waals surface area contributed by atoms with E-state index in [1.54, 1.807) is 12.4 Å². The van der Waals surface area contributed by atoms with Gasteiger partial charge in [-0.1, -0.05) is 78.9 Å². The van der Waals surface area contributed by atoms with Gasteiger partial charge < -0.3 is 15.2 Å². The standard InChI is InChI=1S/C33H32N4O2/c1-3-37-22-30(33(39)36-26-17-15-25(16-18-26)24-12-8-6-9-13-24)31(38)29-20-28(21-34-32(29)37)35-27-14-10-5-4-7-11-23(2)19-27/h4-9,11-13,15-18,20-22,27,35H,2-3,10,14,19H2,1H3,(H,36,39)/b5-4-,11-7-. The SMILES string of the molecule is C=C1/C=C\C=C/CCC(Nc2cnc3c(c2)c(=O)c(C(=O)Nc2ccc(-c4ccccc4)cc2)cn3CC)C1. The van der Waals surface area contributed by atoms with Crippen LogP contribution in [0.1, 0.15) is 36.5 Å². The summed E-state index contributed by atoms with van der Waals surface area (Å²) in [5, 5.41) is 6.83. The normalized spacial score (nSPS) is 17.1. The third-order valence-corrected chi connectivity index (χ3v) is 6.89. The van der Waals surface area contributed by atoms with Crippen LogP contribution in [0.3, 0.4) is 0 Å². The number of carbonyl (C=O) groups is 1. The highest BCUT2D eigenvalue weighted by atomic mass is 16.2. The molecular formula is C33H32N4O2. The second kappa shape index (κ2) is 11.8. The number of anilines is 2. The number of carbonyl (C=O) groups excluding carboxylic acids is 1. The highest BCUT2D eigenvalue weighted by Gasteiger charge is 2.18. The molecule has 0 fully saturated rings. The lowest BCUT2D eigenvalue weighted by atomic mass is 10.0. The second-order valence-electron chi connectivity index (χ2n) is 9.72. The first-order chi connectivity index (χ1) is 19.0. The summed E-state index contributed by atoms with van der Waals surface area (Å²) >= 11 is 0. The maximum Gasteiger partial charge on any atom is 0.261 e. The van der Waals surface area contributed by atoms with Crippen LogP contribution in [0.4, 0.5) is 11.4 Å². The Morgan fingerprint density at radius 3 is 2.59 bits per heavy atom. The molecule has 39 heavy (non-hydrogen) atoms. The number of rotatable bonds is 6. The first-order valence-electron chi connectivity index (χ1n) is 13.3. The number of benzene rings is 2. The van der Waals surface area contributed by atoms with Crippen LogP contribution < -0.4 is 16.1 Å². The number of pyridine rings is 2. The lowest BCUT2D eigenvalue weighted by molar-refractivity contribution is 0.102. The maximum absolute atomic E-state index is 13.5. The molecule has 2 heterocycles. The Hall–Kier alpha value is -4.71. The van der Waals surface area contributed by atoms with Crippen LogP contribution in [0.2, 0.25) is 0 Å². The van der Waals surface area contributed by atoms with E-state index in [0.29, 0.717) is 23.3 Å². The van der Waals surface area contributed by atoms with Gasteiger partial charge in [-0.2, -0.15) is 0 Å². The molecular weight excluding hydrogens is 484 g/mol. The molecule has 0 saturated heterocycles. The Balaban J connectivity index is 1.41. The summed E-state index contributed by atoms with van der Waals surface area (Å²) in [6.45, 7) is 6.68. The monoisotopic (exact) mass is 516 g/mol. The van der Waals surface area contributed by atoms with Crippen LogP contribution in [0.25, 0.3) is 22.2 Å². The van der Waals surface area contributed by atoms with Crippen molar-refractivity contribution in [3.05, 3.63) is 125 Å². The fraction of sp³-hybridized carbons (Fsp3) is 0.182. The van der Waals surface area contributed by atoms with Crippen molar-refractivity contribution in [1.82, 2.24) is 9.55 Å². The highest BCUT2D eigenvalue weighted by Crippen LogP contribution is 2.23. The van der Waals surface area contributed by atoms with E-state index in [2.05, 4.69) is 28.3 Å². The molecule has 1 atom stereocenters. The molecule has 0 bridgehead atoms. The number of nitrogens with zero attached hydrogens (tertiary/aromatic N) is 2. The van der Waals surface area contributed by atoms with Gasteiger partial charge >= 0.3 is 0 Å². The molecule has 0 aliphatic heterocycles. The van der Waals surface area contributed by atoms with E-state index in [9.17, 15) is 9.59 Å².